The van der Waals surface area contributed by atoms with Gasteiger partial charge in [0.1, 0.15) is 0 Å². The highest BCUT2D eigenvalue weighted by molar-refractivity contribution is 5.39. The van der Waals surface area contributed by atoms with Crippen molar-refractivity contribution < 1.29 is 0 Å². The third-order valence-electron chi connectivity index (χ3n) is 1.54. The van der Waals surface area contributed by atoms with E-state index in [0.29, 0.717) is 0 Å². The van der Waals surface area contributed by atoms with E-state index in [1.807, 2.05) is 18.3 Å². The molecule has 3 heteroatoms. The van der Waals surface area contributed by atoms with Crippen LogP contribution >= 0.6 is 0 Å². The molecule has 0 unspecified atom stereocenters. The molecule has 0 fully saturated rings. The van der Waals surface area contributed by atoms with Crippen LogP contribution in [0.2, 0.25) is 0 Å². The van der Waals surface area contributed by atoms with Crippen LogP contribution in [0, 0.1) is 0 Å². The smallest absolute Gasteiger partial charge is 0.0527 e. The Balaban J connectivity index is 2.16. The van der Waals surface area contributed by atoms with E-state index >= 15 is 0 Å². The fourth-order valence-electron chi connectivity index (χ4n) is 0.939. The van der Waals surface area contributed by atoms with Gasteiger partial charge in [0.05, 0.1) is 5.69 Å². The molecule has 1 aromatic rings. The molecule has 0 aromatic carbocycles. The first kappa shape index (κ1) is 9.00. The first-order valence-electron chi connectivity index (χ1n) is 4.28. The Hall–Kier alpha value is -1.09. The number of nitrogens with zero attached hydrogens (tertiary/aromatic N) is 1. The van der Waals surface area contributed by atoms with Crippen LogP contribution in [-0.4, -0.2) is 24.6 Å². The molecular formula is C9H15N3. The number of anilines is 1. The summed E-state index contributed by atoms with van der Waals surface area (Å²) in [6.07, 6.45) is 3.60. The number of nitrogens with one attached hydrogen (secondary N) is 2. The van der Waals surface area contributed by atoms with Crippen molar-refractivity contribution in [3.8, 4) is 0 Å². The number of likely N-dealkylation sites (N-methyl/N-ethyl adjacent to an activating group) is 1. The lowest BCUT2D eigenvalue weighted by atomic mass is 10.4. The number of hydrogen-bond donors (Lipinski definition) is 2. The molecule has 66 valence electrons. The van der Waals surface area contributed by atoms with Crippen LogP contribution in [0.5, 0.6) is 0 Å². The second-order valence-corrected chi connectivity index (χ2v) is 2.52. The summed E-state index contributed by atoms with van der Waals surface area (Å²) in [5.74, 6) is 0. The Morgan fingerprint density at radius 1 is 1.42 bits per heavy atom. The molecule has 0 aliphatic heterocycles. The first-order valence-corrected chi connectivity index (χ1v) is 4.28. The van der Waals surface area contributed by atoms with Crippen molar-refractivity contribution >= 4 is 5.69 Å². The highest BCUT2D eigenvalue weighted by Gasteiger charge is 1.87. The second-order valence-electron chi connectivity index (χ2n) is 2.52. The van der Waals surface area contributed by atoms with E-state index < -0.39 is 0 Å². The van der Waals surface area contributed by atoms with E-state index in [0.717, 1.165) is 25.3 Å². The summed E-state index contributed by atoms with van der Waals surface area (Å²) in [7, 11) is 0. The van der Waals surface area contributed by atoms with Crippen LogP contribution in [0.25, 0.3) is 0 Å². The lowest BCUT2D eigenvalue weighted by Gasteiger charge is -2.04. The minimum absolute atomic E-state index is 0.944. The lowest BCUT2D eigenvalue weighted by Crippen LogP contribution is -2.21. The molecule has 1 heterocycles. The average molecular weight is 165 g/mol. The molecule has 2 N–H and O–H groups in total. The van der Waals surface area contributed by atoms with Gasteiger partial charge in [-0.1, -0.05) is 6.92 Å². The molecule has 12 heavy (non-hydrogen) atoms. The van der Waals surface area contributed by atoms with Crippen molar-refractivity contribution in [2.24, 2.45) is 0 Å². The average Bonchev–Trinajstić information content (AvgIpc) is 2.14. The molecule has 0 radical (unpaired) electrons. The SMILES string of the molecule is CCNCCNc1cccnc1. The van der Waals surface area contributed by atoms with Crippen molar-refractivity contribution in [3.05, 3.63) is 24.5 Å². The number of rotatable bonds is 5. The molecule has 3 nitrogen and oxygen atoms in total. The van der Waals surface area contributed by atoms with E-state index in [2.05, 4.69) is 22.5 Å². The zero-order chi connectivity index (χ0) is 8.65. The maximum absolute atomic E-state index is 4.00. The molecule has 1 rings (SSSR count). The van der Waals surface area contributed by atoms with Gasteiger partial charge < -0.3 is 10.6 Å². The summed E-state index contributed by atoms with van der Waals surface area (Å²) >= 11 is 0. The normalized spacial score (nSPS) is 9.75. The van der Waals surface area contributed by atoms with Gasteiger partial charge in [0.25, 0.3) is 0 Å². The highest BCUT2D eigenvalue weighted by Crippen LogP contribution is 2.00. The van der Waals surface area contributed by atoms with E-state index in [4.69, 9.17) is 0 Å². The van der Waals surface area contributed by atoms with Crippen LogP contribution in [0.3, 0.4) is 0 Å². The van der Waals surface area contributed by atoms with Gasteiger partial charge >= 0.3 is 0 Å². The molecular weight excluding hydrogens is 150 g/mol. The molecule has 0 saturated carbocycles. The molecule has 0 aliphatic carbocycles. The Morgan fingerprint density at radius 2 is 2.33 bits per heavy atom. The summed E-state index contributed by atoms with van der Waals surface area (Å²) in [5.41, 5.74) is 1.08. The van der Waals surface area contributed by atoms with E-state index in [9.17, 15) is 0 Å². The zero-order valence-corrected chi connectivity index (χ0v) is 7.38. The van der Waals surface area contributed by atoms with E-state index in [1.54, 1.807) is 6.20 Å². The number of hydrogen-bond acceptors (Lipinski definition) is 3. The van der Waals surface area contributed by atoms with Crippen molar-refractivity contribution in [2.75, 3.05) is 25.0 Å². The maximum Gasteiger partial charge on any atom is 0.0527 e. The fraction of sp³-hybridized carbons (Fsp3) is 0.444. The molecule has 0 atom stereocenters. The summed E-state index contributed by atoms with van der Waals surface area (Å²) in [6, 6.07) is 3.94. The summed E-state index contributed by atoms with van der Waals surface area (Å²) in [4.78, 5) is 4.00. The van der Waals surface area contributed by atoms with Crippen molar-refractivity contribution in [1.82, 2.24) is 10.3 Å². The van der Waals surface area contributed by atoms with E-state index in [-0.39, 0.29) is 0 Å². The van der Waals surface area contributed by atoms with Gasteiger partial charge in [-0.2, -0.15) is 0 Å². The van der Waals surface area contributed by atoms with Gasteiger partial charge in [0.15, 0.2) is 0 Å². The first-order chi connectivity index (χ1) is 5.93. The Labute approximate surface area is 73.2 Å². The molecule has 0 bridgehead atoms. The van der Waals surface area contributed by atoms with Crippen LogP contribution < -0.4 is 10.6 Å². The van der Waals surface area contributed by atoms with Gasteiger partial charge in [0.2, 0.25) is 0 Å². The van der Waals surface area contributed by atoms with Crippen LogP contribution in [0.1, 0.15) is 6.92 Å². The lowest BCUT2D eigenvalue weighted by molar-refractivity contribution is 0.739. The third kappa shape index (κ3) is 3.34. The topological polar surface area (TPSA) is 37.0 Å². The molecule has 0 amide bonds. The second kappa shape index (κ2) is 5.55. The van der Waals surface area contributed by atoms with Crippen molar-refractivity contribution in [2.45, 2.75) is 6.92 Å². The Bertz CT molecular complexity index is 198. The molecule has 0 saturated heterocycles. The third-order valence-corrected chi connectivity index (χ3v) is 1.54. The van der Waals surface area contributed by atoms with Crippen molar-refractivity contribution in [1.29, 1.82) is 0 Å². The van der Waals surface area contributed by atoms with Crippen LogP contribution in [0.4, 0.5) is 5.69 Å². The van der Waals surface area contributed by atoms with Crippen LogP contribution in [0.15, 0.2) is 24.5 Å². The van der Waals surface area contributed by atoms with Gasteiger partial charge in [-0.25, -0.2) is 0 Å². The van der Waals surface area contributed by atoms with Gasteiger partial charge in [-0.3, -0.25) is 4.98 Å². The fourth-order valence-corrected chi connectivity index (χ4v) is 0.939. The van der Waals surface area contributed by atoms with E-state index in [1.165, 1.54) is 0 Å². The summed E-state index contributed by atoms with van der Waals surface area (Å²) < 4.78 is 0. The quantitative estimate of drug-likeness (QED) is 0.642. The maximum atomic E-state index is 4.00. The Morgan fingerprint density at radius 3 is 3.00 bits per heavy atom. The van der Waals surface area contributed by atoms with Gasteiger partial charge in [0, 0.05) is 25.5 Å². The minimum atomic E-state index is 0.944. The monoisotopic (exact) mass is 165 g/mol. The number of aromatic nitrogens is 1. The molecule has 1 aromatic heterocycles. The predicted molar refractivity (Wildman–Crippen MR) is 51.3 cm³/mol. The molecule has 0 spiro atoms. The molecule has 0 aliphatic rings. The minimum Gasteiger partial charge on any atom is -0.383 e. The van der Waals surface area contributed by atoms with Crippen molar-refractivity contribution in [3.63, 3.8) is 0 Å². The summed E-state index contributed by atoms with van der Waals surface area (Å²) in [5, 5.41) is 6.49. The van der Waals surface area contributed by atoms with Crippen LogP contribution in [-0.2, 0) is 0 Å². The zero-order valence-electron chi connectivity index (χ0n) is 7.38. The standard InChI is InChI=1S/C9H15N3/c1-2-10-6-7-12-9-4-3-5-11-8-9/h3-5,8,10,12H,2,6-7H2,1H3. The largest absolute Gasteiger partial charge is 0.383 e. The van der Waals surface area contributed by atoms with Gasteiger partial charge in [-0.15, -0.1) is 0 Å². The number of pyridine rings is 1. The highest BCUT2D eigenvalue weighted by atomic mass is 14.9. The predicted octanol–water partition coefficient (Wildman–Crippen LogP) is 1.10. The summed E-state index contributed by atoms with van der Waals surface area (Å²) in [6.45, 7) is 5.06. The Kier molecular flexibility index (Phi) is 4.16. The van der Waals surface area contributed by atoms with Gasteiger partial charge in [-0.05, 0) is 18.7 Å².